The quantitative estimate of drug-likeness (QED) is 0.692. The summed E-state index contributed by atoms with van der Waals surface area (Å²) in [6.07, 6.45) is 3.16. The predicted octanol–water partition coefficient (Wildman–Crippen LogP) is 3.43. The second-order valence-electron chi connectivity index (χ2n) is 9.41. The van der Waals surface area contributed by atoms with Gasteiger partial charge in [0.1, 0.15) is 0 Å². The predicted molar refractivity (Wildman–Crippen MR) is 125 cm³/mol. The van der Waals surface area contributed by atoms with Gasteiger partial charge in [0.2, 0.25) is 15.9 Å². The lowest BCUT2D eigenvalue weighted by Gasteiger charge is -2.37. The highest BCUT2D eigenvalue weighted by molar-refractivity contribution is 7.90. The summed E-state index contributed by atoms with van der Waals surface area (Å²) >= 11 is 0. The standard InChI is InChI=1S/C23H37N3O4S/c1-15(2)31(28,29)25-20-8-6-19(7-9-20)23(27)24-21-10-11-22(16(3)12-21)26-13-17(4)30-18(5)14-26/h10-12,15,17-20,25H,6-9,13-14H2,1-5H3,(H,24,27)/t17-,18+,19?,20?. The van der Waals surface area contributed by atoms with Gasteiger partial charge in [-0.2, -0.15) is 0 Å². The van der Waals surface area contributed by atoms with Gasteiger partial charge in [0.25, 0.3) is 0 Å². The molecule has 2 N–H and O–H groups in total. The lowest BCUT2D eigenvalue weighted by molar-refractivity contribution is -0.120. The van der Waals surface area contributed by atoms with Crippen molar-refractivity contribution in [2.24, 2.45) is 5.92 Å². The molecule has 3 rings (SSSR count). The number of aryl methyl sites for hydroxylation is 1. The molecule has 174 valence electrons. The highest BCUT2D eigenvalue weighted by Crippen LogP contribution is 2.29. The number of amides is 1. The molecule has 2 atom stereocenters. The molecule has 1 aromatic carbocycles. The van der Waals surface area contributed by atoms with Crippen molar-refractivity contribution < 1.29 is 17.9 Å². The molecule has 8 heteroatoms. The summed E-state index contributed by atoms with van der Waals surface area (Å²) in [6.45, 7) is 11.3. The number of morpholine rings is 1. The summed E-state index contributed by atoms with van der Waals surface area (Å²) in [5, 5.41) is 2.62. The third-order valence-corrected chi connectivity index (χ3v) is 8.18. The lowest BCUT2D eigenvalue weighted by Crippen LogP contribution is -2.45. The monoisotopic (exact) mass is 451 g/mol. The highest BCUT2D eigenvalue weighted by Gasteiger charge is 2.30. The van der Waals surface area contributed by atoms with Gasteiger partial charge in [0.15, 0.2) is 0 Å². The van der Waals surface area contributed by atoms with Crippen LogP contribution in [0.25, 0.3) is 0 Å². The molecule has 31 heavy (non-hydrogen) atoms. The zero-order valence-electron chi connectivity index (χ0n) is 19.3. The zero-order chi connectivity index (χ0) is 22.8. The number of nitrogens with zero attached hydrogens (tertiary/aromatic N) is 1. The molecule has 1 saturated heterocycles. The molecule has 1 aromatic rings. The summed E-state index contributed by atoms with van der Waals surface area (Å²) in [7, 11) is -3.27. The molecule has 7 nitrogen and oxygen atoms in total. The van der Waals surface area contributed by atoms with E-state index in [2.05, 4.69) is 41.8 Å². The Morgan fingerprint density at radius 2 is 1.71 bits per heavy atom. The Labute approximate surface area is 187 Å². The Morgan fingerprint density at radius 3 is 2.26 bits per heavy atom. The topological polar surface area (TPSA) is 87.7 Å². The molecule has 2 aliphatic rings. The Kier molecular flexibility index (Phi) is 7.65. The molecule has 1 amide bonds. The number of sulfonamides is 1. The van der Waals surface area contributed by atoms with Crippen LogP contribution in [-0.4, -0.2) is 50.9 Å². The molecule has 1 saturated carbocycles. The van der Waals surface area contributed by atoms with Gasteiger partial charge in [-0.3, -0.25) is 4.79 Å². The van der Waals surface area contributed by atoms with Crippen LogP contribution in [0, 0.1) is 12.8 Å². The maximum Gasteiger partial charge on any atom is 0.227 e. The van der Waals surface area contributed by atoms with Gasteiger partial charge in [0.05, 0.1) is 17.5 Å². The molecule has 0 radical (unpaired) electrons. The first-order valence-corrected chi connectivity index (χ1v) is 12.9. The molecule has 0 bridgehead atoms. The van der Waals surface area contributed by atoms with Crippen LogP contribution >= 0.6 is 0 Å². The van der Waals surface area contributed by atoms with Gasteiger partial charge >= 0.3 is 0 Å². The van der Waals surface area contributed by atoms with Crippen LogP contribution in [0.3, 0.4) is 0 Å². The maximum atomic E-state index is 12.8. The fourth-order valence-corrected chi connectivity index (χ4v) is 5.52. The van der Waals surface area contributed by atoms with Crippen LogP contribution in [0.1, 0.15) is 58.9 Å². The highest BCUT2D eigenvalue weighted by atomic mass is 32.2. The van der Waals surface area contributed by atoms with Gasteiger partial charge in [-0.15, -0.1) is 0 Å². The number of carbonyl (C=O) groups is 1. The van der Waals surface area contributed by atoms with E-state index in [4.69, 9.17) is 4.74 Å². The first-order valence-electron chi connectivity index (χ1n) is 11.4. The van der Waals surface area contributed by atoms with Gasteiger partial charge in [0, 0.05) is 36.4 Å². The van der Waals surface area contributed by atoms with Crippen molar-refractivity contribution in [3.63, 3.8) is 0 Å². The molecular formula is C23H37N3O4S. The van der Waals surface area contributed by atoms with Gasteiger partial charge in [-0.1, -0.05) is 0 Å². The van der Waals surface area contributed by atoms with Gasteiger partial charge < -0.3 is 15.0 Å². The fraction of sp³-hybridized carbons (Fsp3) is 0.696. The van der Waals surface area contributed by atoms with Crippen molar-refractivity contribution in [1.29, 1.82) is 0 Å². The van der Waals surface area contributed by atoms with Crippen LogP contribution in [0.4, 0.5) is 11.4 Å². The van der Waals surface area contributed by atoms with Crippen molar-refractivity contribution in [2.75, 3.05) is 23.3 Å². The van der Waals surface area contributed by atoms with Crippen LogP contribution in [-0.2, 0) is 19.6 Å². The SMILES string of the molecule is Cc1cc(NC(=O)C2CCC(NS(=O)(=O)C(C)C)CC2)ccc1N1C[C@@H](C)O[C@@H](C)C1. The third kappa shape index (κ3) is 6.20. The fourth-order valence-electron chi connectivity index (χ4n) is 4.55. The van der Waals surface area contributed by atoms with E-state index in [0.29, 0.717) is 25.7 Å². The number of anilines is 2. The van der Waals surface area contributed by atoms with Gasteiger partial charge in [-0.25, -0.2) is 13.1 Å². The van der Waals surface area contributed by atoms with Crippen LogP contribution in [0.2, 0.25) is 0 Å². The summed E-state index contributed by atoms with van der Waals surface area (Å²) in [5.74, 6) is -0.0633. The van der Waals surface area contributed by atoms with E-state index in [-0.39, 0.29) is 30.1 Å². The zero-order valence-corrected chi connectivity index (χ0v) is 20.2. The van der Waals surface area contributed by atoms with Crippen LogP contribution in [0.5, 0.6) is 0 Å². The third-order valence-electron chi connectivity index (χ3n) is 6.27. The molecule has 1 heterocycles. The number of hydrogen-bond acceptors (Lipinski definition) is 5. The van der Waals surface area contributed by atoms with Crippen LogP contribution < -0.4 is 14.9 Å². The van der Waals surface area contributed by atoms with Crippen molar-refractivity contribution >= 4 is 27.3 Å². The van der Waals surface area contributed by atoms with E-state index in [1.54, 1.807) is 13.8 Å². The van der Waals surface area contributed by atoms with E-state index >= 15 is 0 Å². The van der Waals surface area contributed by atoms with Crippen molar-refractivity contribution in [3.05, 3.63) is 23.8 Å². The second-order valence-corrected chi connectivity index (χ2v) is 11.7. The van der Waals surface area contributed by atoms with E-state index in [0.717, 1.165) is 24.3 Å². The van der Waals surface area contributed by atoms with E-state index in [1.165, 1.54) is 5.69 Å². The normalized spacial score (nSPS) is 27.4. The van der Waals surface area contributed by atoms with E-state index in [1.807, 2.05) is 12.1 Å². The molecule has 2 fully saturated rings. The number of rotatable bonds is 6. The van der Waals surface area contributed by atoms with Crippen molar-refractivity contribution in [1.82, 2.24) is 4.72 Å². The first-order chi connectivity index (χ1) is 14.5. The summed E-state index contributed by atoms with van der Waals surface area (Å²) < 4.78 is 32.7. The number of benzene rings is 1. The summed E-state index contributed by atoms with van der Waals surface area (Å²) in [5.41, 5.74) is 3.12. The molecule has 1 aliphatic carbocycles. The largest absolute Gasteiger partial charge is 0.372 e. The summed E-state index contributed by atoms with van der Waals surface area (Å²) in [6, 6.07) is 6.00. The number of carbonyl (C=O) groups excluding carboxylic acids is 1. The first kappa shape index (κ1) is 24.0. The average molecular weight is 452 g/mol. The maximum absolute atomic E-state index is 12.8. The Hall–Kier alpha value is -1.64. The Morgan fingerprint density at radius 1 is 1.10 bits per heavy atom. The number of hydrogen-bond donors (Lipinski definition) is 2. The molecule has 0 unspecified atom stereocenters. The van der Waals surface area contributed by atoms with Gasteiger partial charge in [-0.05, 0) is 84.1 Å². The number of ether oxygens (including phenoxy) is 1. The van der Waals surface area contributed by atoms with Crippen LogP contribution in [0.15, 0.2) is 18.2 Å². The van der Waals surface area contributed by atoms with E-state index < -0.39 is 15.3 Å². The Bertz CT molecular complexity index is 869. The Balaban J connectivity index is 1.55. The molecule has 1 aliphatic heterocycles. The minimum absolute atomic E-state index is 0.0194. The number of nitrogens with one attached hydrogen (secondary N) is 2. The second kappa shape index (κ2) is 9.88. The minimum Gasteiger partial charge on any atom is -0.372 e. The van der Waals surface area contributed by atoms with Crippen molar-refractivity contribution in [3.8, 4) is 0 Å². The minimum atomic E-state index is -3.27. The smallest absolute Gasteiger partial charge is 0.227 e. The van der Waals surface area contributed by atoms with Crippen molar-refractivity contribution in [2.45, 2.75) is 83.8 Å². The summed E-state index contributed by atoms with van der Waals surface area (Å²) in [4.78, 5) is 15.1. The molecule has 0 aromatic heterocycles. The molecular weight excluding hydrogens is 414 g/mol. The van der Waals surface area contributed by atoms with E-state index in [9.17, 15) is 13.2 Å². The average Bonchev–Trinajstić information content (AvgIpc) is 2.67. The lowest BCUT2D eigenvalue weighted by atomic mass is 9.86. The molecule has 0 spiro atoms.